The van der Waals surface area contributed by atoms with Crippen molar-refractivity contribution in [1.82, 2.24) is 24.4 Å². The van der Waals surface area contributed by atoms with Gasteiger partial charge in [-0.25, -0.2) is 4.98 Å². The molecule has 0 atom stereocenters. The molecule has 0 spiro atoms. The Kier molecular flexibility index (Phi) is 4.88. The van der Waals surface area contributed by atoms with Crippen LogP contribution >= 0.6 is 0 Å². The highest BCUT2D eigenvalue weighted by molar-refractivity contribution is 5.69. The van der Waals surface area contributed by atoms with Crippen LogP contribution in [0.1, 0.15) is 48.7 Å². The zero-order valence-corrected chi connectivity index (χ0v) is 16.9. The molecule has 4 rings (SSSR count). The van der Waals surface area contributed by atoms with Gasteiger partial charge < -0.3 is 16.8 Å². The van der Waals surface area contributed by atoms with Crippen molar-refractivity contribution in [3.63, 3.8) is 0 Å². The minimum atomic E-state index is 0.131. The zero-order chi connectivity index (χ0) is 20.6. The quantitative estimate of drug-likeness (QED) is 0.530. The lowest BCUT2D eigenvalue weighted by Gasteiger charge is -2.14. The van der Waals surface area contributed by atoms with Gasteiger partial charge in [-0.15, -0.1) is 0 Å². The topological polar surface area (TPSA) is 136 Å². The maximum absolute atomic E-state index is 9.58. The van der Waals surface area contributed by atoms with E-state index < -0.39 is 0 Å². The molecule has 3 aromatic rings. The molecular weight excluding hydrogens is 366 g/mol. The molecule has 1 aliphatic rings. The van der Waals surface area contributed by atoms with E-state index in [0.29, 0.717) is 35.9 Å². The number of nitrogens with one attached hydrogen (secondary N) is 1. The van der Waals surface area contributed by atoms with Crippen molar-refractivity contribution in [2.75, 3.05) is 24.1 Å². The van der Waals surface area contributed by atoms with E-state index in [2.05, 4.69) is 33.1 Å². The van der Waals surface area contributed by atoms with Crippen LogP contribution in [0, 0.1) is 18.3 Å². The second kappa shape index (κ2) is 7.37. The lowest BCUT2D eigenvalue weighted by Crippen LogP contribution is -2.22. The van der Waals surface area contributed by atoms with Crippen molar-refractivity contribution in [1.29, 1.82) is 5.26 Å². The van der Waals surface area contributed by atoms with Crippen molar-refractivity contribution in [3.8, 4) is 6.07 Å². The van der Waals surface area contributed by atoms with Gasteiger partial charge in [0.15, 0.2) is 5.65 Å². The van der Waals surface area contributed by atoms with Gasteiger partial charge in [0.25, 0.3) is 0 Å². The normalized spacial score (nSPS) is 14.8. The van der Waals surface area contributed by atoms with Crippen LogP contribution in [0.5, 0.6) is 0 Å². The van der Waals surface area contributed by atoms with Crippen molar-refractivity contribution >= 4 is 17.3 Å². The molecule has 29 heavy (non-hydrogen) atoms. The van der Waals surface area contributed by atoms with Crippen LogP contribution in [-0.4, -0.2) is 37.5 Å². The average molecular weight is 393 g/mol. The molecule has 9 heteroatoms. The third-order valence-corrected chi connectivity index (χ3v) is 5.80. The number of nitrogens with two attached hydrogens (primary N) is 2. The molecular formula is C20H27N9. The maximum Gasteiger partial charge on any atom is 0.163 e. The minimum Gasteiger partial charge on any atom is -0.382 e. The Labute approximate surface area is 169 Å². The summed E-state index contributed by atoms with van der Waals surface area (Å²) in [6.07, 6.45) is 6.82. The summed E-state index contributed by atoms with van der Waals surface area (Å²) < 4.78 is 3.63. The van der Waals surface area contributed by atoms with E-state index in [9.17, 15) is 5.26 Å². The average Bonchev–Trinajstić information content (AvgIpc) is 3.19. The third kappa shape index (κ3) is 3.29. The number of hydrogen-bond acceptors (Lipinski definition) is 7. The Morgan fingerprint density at radius 1 is 1.34 bits per heavy atom. The second-order valence-corrected chi connectivity index (χ2v) is 7.68. The summed E-state index contributed by atoms with van der Waals surface area (Å²) in [5.41, 5.74) is 16.0. The molecule has 9 nitrogen and oxygen atoms in total. The smallest absolute Gasteiger partial charge is 0.163 e. The number of nitrogens with zero attached hydrogens (tertiary/aromatic N) is 6. The Morgan fingerprint density at radius 2 is 2.14 bits per heavy atom. The number of hydrogen-bond donors (Lipinski definition) is 3. The highest BCUT2D eigenvalue weighted by Gasteiger charge is 2.44. The van der Waals surface area contributed by atoms with Crippen molar-refractivity contribution in [3.05, 3.63) is 34.8 Å². The van der Waals surface area contributed by atoms with Gasteiger partial charge in [0, 0.05) is 24.7 Å². The summed E-state index contributed by atoms with van der Waals surface area (Å²) in [6.45, 7) is 5.27. The predicted octanol–water partition coefficient (Wildman–Crippen LogP) is 1.74. The first kappa shape index (κ1) is 19.2. The molecule has 3 aromatic heterocycles. The summed E-state index contributed by atoms with van der Waals surface area (Å²) in [6, 6.07) is 4.20. The number of aromatic nitrogens is 5. The number of aryl methyl sites for hydroxylation is 2. The number of nitrogen functional groups attached to an aromatic ring is 1. The molecule has 0 amide bonds. The van der Waals surface area contributed by atoms with Crippen molar-refractivity contribution in [2.45, 2.75) is 51.5 Å². The SMILES string of the molecule is CCc1c(C)nn2c(N)c(C#N)c(NCCc3ccn(C4(CCN)CC4)n3)nc12. The van der Waals surface area contributed by atoms with Gasteiger partial charge in [-0.3, -0.25) is 4.68 Å². The maximum atomic E-state index is 9.58. The highest BCUT2D eigenvalue weighted by Crippen LogP contribution is 2.45. The lowest BCUT2D eigenvalue weighted by molar-refractivity contribution is 0.404. The van der Waals surface area contributed by atoms with Gasteiger partial charge >= 0.3 is 0 Å². The van der Waals surface area contributed by atoms with Crippen molar-refractivity contribution < 1.29 is 0 Å². The summed E-state index contributed by atoms with van der Waals surface area (Å²) in [7, 11) is 0. The van der Waals surface area contributed by atoms with Crippen LogP contribution in [0.3, 0.4) is 0 Å². The number of fused-ring (bicyclic) bond motifs is 1. The summed E-state index contributed by atoms with van der Waals surface area (Å²) in [5, 5.41) is 22.0. The van der Waals surface area contributed by atoms with E-state index in [1.54, 1.807) is 4.52 Å². The van der Waals surface area contributed by atoms with Crippen LogP contribution in [0.4, 0.5) is 11.6 Å². The standard InChI is InChI=1S/C20H27N9/c1-3-15-13(2)26-29-17(23)16(12-22)18(25-19(15)29)24-10-4-14-5-11-28(27-14)20(6-7-20)8-9-21/h5,11H,3-4,6-10,21,23H2,1-2H3,(H,24,25). The first-order chi connectivity index (χ1) is 14.0. The summed E-state index contributed by atoms with van der Waals surface area (Å²) in [4.78, 5) is 4.66. The molecule has 152 valence electrons. The fraction of sp³-hybridized carbons (Fsp3) is 0.500. The minimum absolute atomic E-state index is 0.131. The molecule has 1 fully saturated rings. The van der Waals surface area contributed by atoms with Gasteiger partial charge in [0.2, 0.25) is 0 Å². The molecule has 1 saturated carbocycles. The van der Waals surface area contributed by atoms with E-state index in [0.717, 1.165) is 49.1 Å². The molecule has 0 aliphatic heterocycles. The fourth-order valence-corrected chi connectivity index (χ4v) is 3.95. The number of anilines is 2. The van der Waals surface area contributed by atoms with Gasteiger partial charge in [-0.05, 0) is 45.2 Å². The van der Waals surface area contributed by atoms with E-state index >= 15 is 0 Å². The van der Waals surface area contributed by atoms with Gasteiger partial charge in [-0.2, -0.15) is 20.0 Å². The van der Waals surface area contributed by atoms with Gasteiger partial charge in [0.1, 0.15) is 23.3 Å². The lowest BCUT2D eigenvalue weighted by atomic mass is 10.2. The van der Waals surface area contributed by atoms with Crippen molar-refractivity contribution in [2.24, 2.45) is 5.73 Å². The Balaban J connectivity index is 1.51. The van der Waals surface area contributed by atoms with Crippen LogP contribution in [0.2, 0.25) is 0 Å². The first-order valence-corrected chi connectivity index (χ1v) is 10.1. The Bertz CT molecular complexity index is 1080. The summed E-state index contributed by atoms with van der Waals surface area (Å²) >= 11 is 0. The van der Waals surface area contributed by atoms with E-state index in [1.807, 2.05) is 19.2 Å². The summed E-state index contributed by atoms with van der Waals surface area (Å²) in [5.74, 6) is 0.804. The predicted molar refractivity (Wildman–Crippen MR) is 112 cm³/mol. The third-order valence-electron chi connectivity index (χ3n) is 5.80. The Morgan fingerprint density at radius 3 is 2.79 bits per heavy atom. The van der Waals surface area contributed by atoms with Crippen LogP contribution in [0.15, 0.2) is 12.3 Å². The van der Waals surface area contributed by atoms with E-state index in [4.69, 9.17) is 16.6 Å². The molecule has 0 aromatic carbocycles. The molecule has 0 radical (unpaired) electrons. The van der Waals surface area contributed by atoms with Crippen LogP contribution < -0.4 is 16.8 Å². The molecule has 1 aliphatic carbocycles. The van der Waals surface area contributed by atoms with Crippen LogP contribution in [-0.2, 0) is 18.4 Å². The molecule has 0 unspecified atom stereocenters. The molecule has 5 N–H and O–H groups in total. The number of nitriles is 1. The Hall–Kier alpha value is -3.12. The van der Waals surface area contributed by atoms with E-state index in [-0.39, 0.29) is 5.54 Å². The molecule has 0 bridgehead atoms. The molecule has 0 saturated heterocycles. The van der Waals surface area contributed by atoms with E-state index in [1.165, 1.54) is 0 Å². The largest absolute Gasteiger partial charge is 0.382 e. The van der Waals surface area contributed by atoms with Gasteiger partial charge in [0.05, 0.1) is 16.9 Å². The number of rotatable bonds is 8. The zero-order valence-electron chi connectivity index (χ0n) is 16.9. The highest BCUT2D eigenvalue weighted by atomic mass is 15.3. The fourth-order valence-electron chi connectivity index (χ4n) is 3.95. The first-order valence-electron chi connectivity index (χ1n) is 10.1. The molecule has 3 heterocycles. The second-order valence-electron chi connectivity index (χ2n) is 7.68. The monoisotopic (exact) mass is 393 g/mol. The van der Waals surface area contributed by atoms with Gasteiger partial charge in [-0.1, -0.05) is 6.92 Å². The van der Waals surface area contributed by atoms with Crippen LogP contribution in [0.25, 0.3) is 5.65 Å².